The zero-order valence-corrected chi connectivity index (χ0v) is 7.64. The fraction of sp³-hybridized carbons (Fsp3) is 0.111. The van der Waals surface area contributed by atoms with Crippen molar-refractivity contribution in [3.8, 4) is 11.8 Å². The summed E-state index contributed by atoms with van der Waals surface area (Å²) in [6.07, 6.45) is 1.75. The fourth-order valence-electron chi connectivity index (χ4n) is 0.852. The lowest BCUT2D eigenvalue weighted by Gasteiger charge is -1.96. The second-order valence-corrected chi connectivity index (χ2v) is 2.56. The Bertz CT molecular complexity index is 459. The van der Waals surface area contributed by atoms with Gasteiger partial charge in [0, 0.05) is 6.07 Å². The van der Waals surface area contributed by atoms with E-state index in [4.69, 9.17) is 5.73 Å². The Labute approximate surface area is 85.3 Å². The molecule has 0 atom stereocenters. The summed E-state index contributed by atoms with van der Waals surface area (Å²) in [7, 11) is 0. The minimum Gasteiger partial charge on any atom is -0.383 e. The fourth-order valence-corrected chi connectivity index (χ4v) is 0.852. The Balaban J connectivity index is 3.07. The van der Waals surface area contributed by atoms with E-state index in [2.05, 4.69) is 16.8 Å². The molecule has 0 saturated heterocycles. The van der Waals surface area contributed by atoms with E-state index in [9.17, 15) is 14.9 Å². The molecule has 6 nitrogen and oxygen atoms in total. The van der Waals surface area contributed by atoms with Gasteiger partial charge in [-0.3, -0.25) is 10.1 Å². The first kappa shape index (κ1) is 10.7. The molecule has 76 valence electrons. The van der Waals surface area contributed by atoms with Crippen molar-refractivity contribution < 1.29 is 9.72 Å². The predicted octanol–water partition coefficient (Wildman–Crippen LogP) is 0.512. The highest BCUT2D eigenvalue weighted by Crippen LogP contribution is 2.15. The third-order valence-corrected chi connectivity index (χ3v) is 1.52. The summed E-state index contributed by atoms with van der Waals surface area (Å²) in [5.74, 6) is 5.14. The minimum absolute atomic E-state index is 0.0577. The predicted molar refractivity (Wildman–Crippen MR) is 52.9 cm³/mol. The van der Waals surface area contributed by atoms with Crippen LogP contribution in [-0.4, -0.2) is 16.2 Å². The van der Waals surface area contributed by atoms with Crippen LogP contribution in [0.25, 0.3) is 0 Å². The van der Waals surface area contributed by atoms with E-state index < -0.39 is 4.92 Å². The number of carbonyl (C=O) groups is 1. The molecule has 0 fully saturated rings. The lowest BCUT2D eigenvalue weighted by molar-refractivity contribution is -0.385. The van der Waals surface area contributed by atoms with Gasteiger partial charge in [-0.25, -0.2) is 4.98 Å². The highest BCUT2D eigenvalue weighted by molar-refractivity contribution is 5.58. The number of nitro groups is 1. The number of aromatic nitrogens is 1. The summed E-state index contributed by atoms with van der Waals surface area (Å²) in [6.45, 7) is 0. The van der Waals surface area contributed by atoms with E-state index in [0.717, 1.165) is 6.20 Å². The van der Waals surface area contributed by atoms with Gasteiger partial charge in [-0.05, 0) is 0 Å². The van der Waals surface area contributed by atoms with Crippen LogP contribution >= 0.6 is 0 Å². The van der Waals surface area contributed by atoms with Gasteiger partial charge in [0.05, 0.1) is 16.9 Å². The van der Waals surface area contributed by atoms with Crippen LogP contribution in [0.3, 0.4) is 0 Å². The van der Waals surface area contributed by atoms with E-state index in [0.29, 0.717) is 6.29 Å². The number of carbonyl (C=O) groups excluding carboxylic acids is 1. The summed E-state index contributed by atoms with van der Waals surface area (Å²) in [5.41, 5.74) is 5.52. The van der Waals surface area contributed by atoms with E-state index in [1.54, 1.807) is 0 Å². The lowest BCUT2D eigenvalue weighted by atomic mass is 10.2. The van der Waals surface area contributed by atoms with E-state index >= 15 is 0 Å². The quantitative estimate of drug-likeness (QED) is 0.328. The van der Waals surface area contributed by atoms with E-state index in [1.807, 2.05) is 0 Å². The van der Waals surface area contributed by atoms with Gasteiger partial charge in [0.25, 0.3) is 5.69 Å². The number of nitrogens with two attached hydrogens (primary N) is 1. The summed E-state index contributed by atoms with van der Waals surface area (Å²) < 4.78 is 0. The molecule has 0 saturated carbocycles. The Hall–Kier alpha value is -2.42. The molecule has 1 aromatic rings. The van der Waals surface area contributed by atoms with Crippen LogP contribution in [0, 0.1) is 22.0 Å². The van der Waals surface area contributed by atoms with Crippen LogP contribution in [0.2, 0.25) is 0 Å². The van der Waals surface area contributed by atoms with Gasteiger partial charge in [0.1, 0.15) is 18.3 Å². The smallest absolute Gasteiger partial charge is 0.288 e. The summed E-state index contributed by atoms with van der Waals surface area (Å²) in [4.78, 5) is 23.5. The molecule has 0 unspecified atom stereocenters. The van der Waals surface area contributed by atoms with Crippen LogP contribution in [0.1, 0.15) is 12.0 Å². The maximum absolute atomic E-state index is 10.4. The van der Waals surface area contributed by atoms with Gasteiger partial charge < -0.3 is 10.5 Å². The molecular formula is C9H7N3O3. The number of hydrogen-bond acceptors (Lipinski definition) is 5. The van der Waals surface area contributed by atoms with Crippen molar-refractivity contribution in [1.82, 2.24) is 4.98 Å². The van der Waals surface area contributed by atoms with Gasteiger partial charge in [-0.15, -0.1) is 0 Å². The zero-order chi connectivity index (χ0) is 11.3. The van der Waals surface area contributed by atoms with Gasteiger partial charge in [-0.2, -0.15) is 0 Å². The molecule has 0 bridgehead atoms. The van der Waals surface area contributed by atoms with Crippen LogP contribution in [0.15, 0.2) is 12.3 Å². The Morgan fingerprint density at radius 2 is 2.40 bits per heavy atom. The van der Waals surface area contributed by atoms with E-state index in [1.165, 1.54) is 6.07 Å². The van der Waals surface area contributed by atoms with Gasteiger partial charge in [0.2, 0.25) is 0 Å². The highest BCUT2D eigenvalue weighted by atomic mass is 16.6. The van der Waals surface area contributed by atoms with Gasteiger partial charge in [-0.1, -0.05) is 11.8 Å². The van der Waals surface area contributed by atoms with Crippen molar-refractivity contribution in [1.29, 1.82) is 0 Å². The molecule has 0 radical (unpaired) electrons. The lowest BCUT2D eigenvalue weighted by Crippen LogP contribution is -1.97. The average molecular weight is 205 g/mol. The normalized spacial score (nSPS) is 8.80. The molecule has 2 N–H and O–H groups in total. The molecule has 6 heteroatoms. The second-order valence-electron chi connectivity index (χ2n) is 2.56. The van der Waals surface area contributed by atoms with Crippen LogP contribution in [0.5, 0.6) is 0 Å². The first-order valence-corrected chi connectivity index (χ1v) is 3.97. The molecule has 1 aromatic heterocycles. The third kappa shape index (κ3) is 2.77. The van der Waals surface area contributed by atoms with Crippen LogP contribution < -0.4 is 5.73 Å². The van der Waals surface area contributed by atoms with Crippen molar-refractivity contribution in [3.05, 3.63) is 27.9 Å². The van der Waals surface area contributed by atoms with Gasteiger partial charge >= 0.3 is 0 Å². The molecule has 0 aliphatic carbocycles. The molecule has 15 heavy (non-hydrogen) atoms. The Kier molecular flexibility index (Phi) is 3.35. The largest absolute Gasteiger partial charge is 0.383 e. The first-order valence-electron chi connectivity index (χ1n) is 3.97. The number of rotatable bonds is 2. The standard InChI is InChI=1S/C9H7N3O3/c10-9-7(3-1-2-4-13)5-8(6-11-9)12(14)15/h4-6H,2H2,(H2,10,11). The topological polar surface area (TPSA) is 99.1 Å². The number of anilines is 1. The number of hydrogen-bond donors (Lipinski definition) is 1. The number of pyridine rings is 1. The Morgan fingerprint density at radius 3 is 3.00 bits per heavy atom. The highest BCUT2D eigenvalue weighted by Gasteiger charge is 2.08. The first-order chi connectivity index (χ1) is 7.15. The third-order valence-electron chi connectivity index (χ3n) is 1.52. The molecule has 0 aromatic carbocycles. The van der Waals surface area contributed by atoms with Crippen LogP contribution in [0.4, 0.5) is 11.5 Å². The van der Waals surface area contributed by atoms with Gasteiger partial charge in [0.15, 0.2) is 0 Å². The number of nitrogens with zero attached hydrogens (tertiary/aromatic N) is 2. The number of nitrogen functional groups attached to an aromatic ring is 1. The maximum atomic E-state index is 10.4. The van der Waals surface area contributed by atoms with E-state index in [-0.39, 0.29) is 23.5 Å². The second kappa shape index (κ2) is 4.72. The summed E-state index contributed by atoms with van der Waals surface area (Å²) in [5, 5.41) is 10.4. The molecule has 1 rings (SSSR count). The minimum atomic E-state index is -0.586. The molecular weight excluding hydrogens is 198 g/mol. The molecule has 0 aliphatic rings. The van der Waals surface area contributed by atoms with Crippen molar-refractivity contribution in [2.24, 2.45) is 0 Å². The monoisotopic (exact) mass is 205 g/mol. The maximum Gasteiger partial charge on any atom is 0.288 e. The Morgan fingerprint density at radius 1 is 1.67 bits per heavy atom. The molecule has 0 aliphatic heterocycles. The molecule has 0 spiro atoms. The van der Waals surface area contributed by atoms with Crippen molar-refractivity contribution in [2.45, 2.75) is 6.42 Å². The van der Waals surface area contributed by atoms with Crippen LogP contribution in [-0.2, 0) is 4.79 Å². The summed E-state index contributed by atoms with van der Waals surface area (Å²) in [6, 6.07) is 1.22. The number of aldehydes is 1. The summed E-state index contributed by atoms with van der Waals surface area (Å²) >= 11 is 0. The molecule has 0 amide bonds. The zero-order valence-electron chi connectivity index (χ0n) is 7.64. The van der Waals surface area contributed by atoms with Crippen molar-refractivity contribution >= 4 is 17.8 Å². The average Bonchev–Trinajstić information content (AvgIpc) is 2.20. The van der Waals surface area contributed by atoms with Crippen molar-refractivity contribution in [2.75, 3.05) is 5.73 Å². The molecule has 1 heterocycles. The SMILES string of the molecule is Nc1ncc([N+](=O)[O-])cc1C#CCC=O. The van der Waals surface area contributed by atoms with Crippen molar-refractivity contribution in [3.63, 3.8) is 0 Å².